The first-order valence-electron chi connectivity index (χ1n) is 11.8. The van der Waals surface area contributed by atoms with Crippen molar-refractivity contribution >= 4 is 23.0 Å². The molecule has 0 saturated carbocycles. The molecule has 1 aliphatic heterocycles. The number of halogens is 2. The molecule has 5 rings (SSSR count). The summed E-state index contributed by atoms with van der Waals surface area (Å²) in [6.45, 7) is 3.15. The van der Waals surface area contributed by atoms with E-state index < -0.39 is 39.9 Å². The number of rotatable bonds is 6. The summed E-state index contributed by atoms with van der Waals surface area (Å²) in [5.41, 5.74) is 0.266. The first-order valence-corrected chi connectivity index (χ1v) is 11.8. The number of H-pyrrole nitrogens is 1. The Bertz CT molecular complexity index is 1690. The van der Waals surface area contributed by atoms with Crippen molar-refractivity contribution in [3.63, 3.8) is 0 Å². The van der Waals surface area contributed by atoms with Gasteiger partial charge in [0.2, 0.25) is 0 Å². The molecule has 198 valence electrons. The molecule has 12 heteroatoms. The number of aromatic nitrogens is 2. The average Bonchev–Trinajstić information content (AvgIpc) is 3.36. The number of aromatic hydroxyl groups is 1. The van der Waals surface area contributed by atoms with Gasteiger partial charge in [-0.3, -0.25) is 24.8 Å². The lowest BCUT2D eigenvalue weighted by Crippen LogP contribution is -2.34. The van der Waals surface area contributed by atoms with Gasteiger partial charge in [0.05, 0.1) is 22.2 Å². The highest BCUT2D eigenvalue weighted by molar-refractivity contribution is 6.15. The van der Waals surface area contributed by atoms with E-state index in [-0.39, 0.29) is 34.0 Å². The van der Waals surface area contributed by atoms with Gasteiger partial charge in [0.25, 0.3) is 17.2 Å². The number of benzene rings is 3. The van der Waals surface area contributed by atoms with Crippen LogP contribution in [0.1, 0.15) is 29.7 Å². The molecule has 10 nitrogen and oxygen atoms in total. The van der Waals surface area contributed by atoms with E-state index in [2.05, 4.69) is 10.2 Å². The van der Waals surface area contributed by atoms with Crippen molar-refractivity contribution in [2.24, 2.45) is 11.0 Å². The molecule has 0 fully saturated rings. The van der Waals surface area contributed by atoms with Crippen LogP contribution in [0.3, 0.4) is 0 Å². The number of nitro groups is 1. The van der Waals surface area contributed by atoms with Crippen LogP contribution in [0.25, 0.3) is 5.69 Å². The van der Waals surface area contributed by atoms with Crippen LogP contribution in [-0.2, 0) is 4.79 Å². The SMILES string of the molecule is CC1=NN(c2ccc(F)cc2)C(=O)[C@@H]1[C@H](c1cc([N+](=O)[O-])ccc1O)c1c(C)[nH]n(-c2ccc(F)cc2)c1=O. The molecule has 0 bridgehead atoms. The van der Waals surface area contributed by atoms with Crippen molar-refractivity contribution in [2.75, 3.05) is 5.01 Å². The molecule has 2 heterocycles. The monoisotopic (exact) mass is 533 g/mol. The van der Waals surface area contributed by atoms with Gasteiger partial charge in [-0.1, -0.05) is 0 Å². The maximum Gasteiger partial charge on any atom is 0.275 e. The number of nitro benzene ring substituents is 1. The van der Waals surface area contributed by atoms with Crippen LogP contribution in [0.4, 0.5) is 20.2 Å². The minimum Gasteiger partial charge on any atom is -0.508 e. The number of hydrogen-bond acceptors (Lipinski definition) is 6. The first-order chi connectivity index (χ1) is 18.6. The van der Waals surface area contributed by atoms with Gasteiger partial charge in [-0.05, 0) is 68.4 Å². The third-order valence-electron chi connectivity index (χ3n) is 6.66. The number of carbonyl (C=O) groups excluding carboxylic acids is 1. The Kier molecular flexibility index (Phi) is 6.30. The number of phenolic OH excluding ortho intramolecular Hbond substituents is 1. The lowest BCUT2D eigenvalue weighted by molar-refractivity contribution is -0.385. The summed E-state index contributed by atoms with van der Waals surface area (Å²) >= 11 is 0. The van der Waals surface area contributed by atoms with Gasteiger partial charge in [-0.2, -0.15) is 5.10 Å². The Morgan fingerprint density at radius 1 is 0.974 bits per heavy atom. The number of carbonyl (C=O) groups is 1. The highest BCUT2D eigenvalue weighted by atomic mass is 19.1. The van der Waals surface area contributed by atoms with E-state index in [0.717, 1.165) is 27.9 Å². The van der Waals surface area contributed by atoms with Gasteiger partial charge in [-0.25, -0.2) is 18.5 Å². The number of non-ortho nitro benzene ring substituents is 1. The third kappa shape index (κ3) is 4.45. The Morgan fingerprint density at radius 3 is 2.15 bits per heavy atom. The molecular formula is C27H21F2N5O5. The number of phenols is 1. The predicted molar refractivity (Wildman–Crippen MR) is 138 cm³/mol. The molecule has 0 radical (unpaired) electrons. The second-order valence-electron chi connectivity index (χ2n) is 9.09. The van der Waals surface area contributed by atoms with Gasteiger partial charge in [0, 0.05) is 40.6 Å². The van der Waals surface area contributed by atoms with Gasteiger partial charge in [-0.15, -0.1) is 0 Å². The summed E-state index contributed by atoms with van der Waals surface area (Å²) in [7, 11) is 0. The normalized spacial score (nSPS) is 15.9. The Hall–Kier alpha value is -5.13. The number of nitrogens with zero attached hydrogens (tertiary/aromatic N) is 4. The molecule has 4 aromatic rings. The Labute approximate surface area is 219 Å². The number of hydrazone groups is 1. The molecule has 39 heavy (non-hydrogen) atoms. The van der Waals surface area contributed by atoms with Crippen LogP contribution in [0.2, 0.25) is 0 Å². The molecule has 1 aromatic heterocycles. The minimum absolute atomic E-state index is 0.0245. The van der Waals surface area contributed by atoms with Gasteiger partial charge in [0.1, 0.15) is 17.4 Å². The molecule has 0 saturated heterocycles. The molecule has 1 aliphatic rings. The topological polar surface area (TPSA) is 134 Å². The van der Waals surface area contributed by atoms with Crippen LogP contribution in [0.15, 0.2) is 76.6 Å². The molecule has 0 aliphatic carbocycles. The molecular weight excluding hydrogens is 512 g/mol. The van der Waals surface area contributed by atoms with E-state index in [9.17, 15) is 33.6 Å². The maximum atomic E-state index is 13.8. The van der Waals surface area contributed by atoms with Crippen molar-refractivity contribution < 1.29 is 23.6 Å². The summed E-state index contributed by atoms with van der Waals surface area (Å²) in [5, 5.41) is 30.8. The van der Waals surface area contributed by atoms with Crippen LogP contribution >= 0.6 is 0 Å². The Morgan fingerprint density at radius 2 is 1.56 bits per heavy atom. The third-order valence-corrected chi connectivity index (χ3v) is 6.66. The van der Waals surface area contributed by atoms with Crippen molar-refractivity contribution in [3.8, 4) is 11.4 Å². The standard InChI is InChI=1S/C27H21F2N5O5/c1-14-23(26(36)32(30-14)18-7-3-16(28)4-8-18)25(21-13-20(34(38)39)11-12-22(21)35)24-15(2)31-33(27(24)37)19-9-5-17(29)6-10-19/h3-13,23,25,31,35H,1-2H3/t23-,25-/m0/s1. The number of aryl methyl sites for hydroxylation is 1. The van der Waals surface area contributed by atoms with Crippen molar-refractivity contribution in [2.45, 2.75) is 19.8 Å². The smallest absolute Gasteiger partial charge is 0.275 e. The quantitative estimate of drug-likeness (QED) is 0.277. The van der Waals surface area contributed by atoms with Gasteiger partial charge >= 0.3 is 0 Å². The fraction of sp³-hybridized carbons (Fsp3) is 0.148. The number of hydrogen-bond donors (Lipinski definition) is 2. The minimum atomic E-state index is -1.20. The van der Waals surface area contributed by atoms with E-state index in [1.54, 1.807) is 13.8 Å². The van der Waals surface area contributed by atoms with Crippen molar-refractivity contribution in [3.05, 3.63) is 116 Å². The largest absolute Gasteiger partial charge is 0.508 e. The number of nitrogens with one attached hydrogen (secondary N) is 1. The average molecular weight is 533 g/mol. The maximum absolute atomic E-state index is 13.8. The highest BCUT2D eigenvalue weighted by Crippen LogP contribution is 2.42. The summed E-state index contributed by atoms with van der Waals surface area (Å²) in [6, 6.07) is 13.6. The Balaban J connectivity index is 1.71. The zero-order chi connectivity index (χ0) is 28.0. The lowest BCUT2D eigenvalue weighted by atomic mass is 9.78. The zero-order valence-electron chi connectivity index (χ0n) is 20.6. The number of anilines is 1. The summed E-state index contributed by atoms with van der Waals surface area (Å²) in [6.07, 6.45) is 0. The van der Waals surface area contributed by atoms with Crippen LogP contribution in [-0.4, -0.2) is 31.4 Å². The molecule has 0 spiro atoms. The second kappa shape index (κ2) is 9.63. The van der Waals surface area contributed by atoms with Gasteiger partial charge in [0.15, 0.2) is 0 Å². The van der Waals surface area contributed by atoms with Gasteiger partial charge < -0.3 is 5.11 Å². The van der Waals surface area contributed by atoms with Crippen LogP contribution in [0, 0.1) is 34.6 Å². The highest BCUT2D eigenvalue weighted by Gasteiger charge is 2.45. The van der Waals surface area contributed by atoms with E-state index in [4.69, 9.17) is 0 Å². The van der Waals surface area contributed by atoms with Crippen LogP contribution in [0.5, 0.6) is 5.75 Å². The van der Waals surface area contributed by atoms with Crippen molar-refractivity contribution in [1.82, 2.24) is 9.78 Å². The first kappa shape index (κ1) is 25.5. The number of amides is 1. The summed E-state index contributed by atoms with van der Waals surface area (Å²) in [5.74, 6) is -4.29. The summed E-state index contributed by atoms with van der Waals surface area (Å²) < 4.78 is 28.2. The molecule has 0 unspecified atom stereocenters. The molecule has 2 N–H and O–H groups in total. The van der Waals surface area contributed by atoms with E-state index in [1.807, 2.05) is 0 Å². The fourth-order valence-electron chi connectivity index (χ4n) is 4.83. The molecule has 3 aromatic carbocycles. The fourth-order valence-corrected chi connectivity index (χ4v) is 4.83. The molecule has 2 atom stereocenters. The van der Waals surface area contributed by atoms with E-state index >= 15 is 0 Å². The molecule has 1 amide bonds. The second-order valence-corrected chi connectivity index (χ2v) is 9.09. The lowest BCUT2D eigenvalue weighted by Gasteiger charge is -2.24. The predicted octanol–water partition coefficient (Wildman–Crippen LogP) is 4.54. The van der Waals surface area contributed by atoms with Crippen LogP contribution < -0.4 is 10.6 Å². The zero-order valence-corrected chi connectivity index (χ0v) is 20.6. The summed E-state index contributed by atoms with van der Waals surface area (Å²) in [4.78, 5) is 38.5. The van der Waals surface area contributed by atoms with E-state index in [0.29, 0.717) is 11.4 Å². The van der Waals surface area contributed by atoms with E-state index in [1.165, 1.54) is 48.5 Å². The number of aromatic amines is 1. The van der Waals surface area contributed by atoms with Crippen molar-refractivity contribution in [1.29, 1.82) is 0 Å².